The highest BCUT2D eigenvalue weighted by Crippen LogP contribution is 2.43. The van der Waals surface area contributed by atoms with Crippen molar-refractivity contribution in [2.75, 3.05) is 31.6 Å². The molecule has 1 unspecified atom stereocenters. The number of benzene rings is 1. The minimum Gasteiger partial charge on any atom is -0.497 e. The Morgan fingerprint density at radius 3 is 2.80 bits per heavy atom. The largest absolute Gasteiger partial charge is 0.497 e. The van der Waals surface area contributed by atoms with Crippen LogP contribution < -0.4 is 9.64 Å². The smallest absolute Gasteiger partial charge is 0.227 e. The second kappa shape index (κ2) is 6.21. The van der Waals surface area contributed by atoms with E-state index in [0.717, 1.165) is 37.2 Å². The van der Waals surface area contributed by atoms with Gasteiger partial charge >= 0.3 is 0 Å². The van der Waals surface area contributed by atoms with Crippen molar-refractivity contribution in [2.24, 2.45) is 11.3 Å². The molecule has 5 nitrogen and oxygen atoms in total. The molecule has 3 aliphatic rings. The lowest BCUT2D eigenvalue weighted by atomic mass is 9.86. The van der Waals surface area contributed by atoms with Crippen LogP contribution in [0.25, 0.3) is 0 Å². The van der Waals surface area contributed by atoms with Crippen LogP contribution >= 0.6 is 0 Å². The molecule has 2 saturated heterocycles. The van der Waals surface area contributed by atoms with E-state index in [1.807, 2.05) is 34.1 Å². The molecule has 4 rings (SSSR count). The fourth-order valence-electron chi connectivity index (χ4n) is 4.38. The molecule has 1 aromatic rings. The minimum atomic E-state index is -0.0954. The molecule has 1 atom stereocenters. The molecule has 1 aliphatic carbocycles. The topological polar surface area (TPSA) is 49.9 Å². The molecular formula is C20H24N2O3. The van der Waals surface area contributed by atoms with Gasteiger partial charge in [-0.05, 0) is 31.4 Å². The fraction of sp³-hybridized carbons (Fsp3) is 0.500. The lowest BCUT2D eigenvalue weighted by Crippen LogP contribution is -2.36. The van der Waals surface area contributed by atoms with Gasteiger partial charge in [0.15, 0.2) is 0 Å². The molecule has 2 aliphatic heterocycles. The molecule has 132 valence electrons. The first-order chi connectivity index (χ1) is 12.1. The lowest BCUT2D eigenvalue weighted by Gasteiger charge is -2.25. The van der Waals surface area contributed by atoms with Crippen LogP contribution in [0.3, 0.4) is 0 Å². The molecule has 5 heteroatoms. The summed E-state index contributed by atoms with van der Waals surface area (Å²) >= 11 is 0. The second-order valence-electron chi connectivity index (χ2n) is 7.51. The molecule has 0 aromatic heterocycles. The third-order valence-electron chi connectivity index (χ3n) is 5.79. The summed E-state index contributed by atoms with van der Waals surface area (Å²) in [5.41, 5.74) is 0.785. The number of hydrogen-bond acceptors (Lipinski definition) is 3. The maximum Gasteiger partial charge on any atom is 0.227 e. The van der Waals surface area contributed by atoms with Gasteiger partial charge in [-0.3, -0.25) is 9.59 Å². The van der Waals surface area contributed by atoms with Crippen LogP contribution in [0.1, 0.15) is 25.7 Å². The summed E-state index contributed by atoms with van der Waals surface area (Å²) in [6.07, 6.45) is 7.34. The Balaban J connectivity index is 1.47. The highest BCUT2D eigenvalue weighted by atomic mass is 16.5. The van der Waals surface area contributed by atoms with Crippen molar-refractivity contribution >= 4 is 17.5 Å². The molecule has 2 fully saturated rings. The van der Waals surface area contributed by atoms with Gasteiger partial charge in [-0.1, -0.05) is 18.2 Å². The van der Waals surface area contributed by atoms with Crippen LogP contribution in [0.2, 0.25) is 0 Å². The van der Waals surface area contributed by atoms with E-state index < -0.39 is 0 Å². The van der Waals surface area contributed by atoms with Gasteiger partial charge in [0, 0.05) is 49.1 Å². The molecule has 0 N–H and O–H groups in total. The monoisotopic (exact) mass is 340 g/mol. The third kappa shape index (κ3) is 2.92. The van der Waals surface area contributed by atoms with Crippen molar-refractivity contribution in [2.45, 2.75) is 25.7 Å². The summed E-state index contributed by atoms with van der Waals surface area (Å²) in [6.45, 7) is 2.16. The van der Waals surface area contributed by atoms with Crippen LogP contribution in [-0.2, 0) is 9.59 Å². The maximum atomic E-state index is 12.7. The number of nitrogens with zero attached hydrogens (tertiary/aromatic N) is 2. The third-order valence-corrected chi connectivity index (χ3v) is 5.79. The predicted octanol–water partition coefficient (Wildman–Crippen LogP) is 2.62. The van der Waals surface area contributed by atoms with Gasteiger partial charge in [0.2, 0.25) is 11.8 Å². The van der Waals surface area contributed by atoms with E-state index in [9.17, 15) is 9.59 Å². The van der Waals surface area contributed by atoms with E-state index in [1.54, 1.807) is 7.11 Å². The van der Waals surface area contributed by atoms with Crippen molar-refractivity contribution in [3.63, 3.8) is 0 Å². The molecule has 2 amide bonds. The summed E-state index contributed by atoms with van der Waals surface area (Å²) in [4.78, 5) is 29.2. The Bertz CT molecular complexity index is 721. The summed E-state index contributed by atoms with van der Waals surface area (Å²) in [6, 6.07) is 7.63. The predicted molar refractivity (Wildman–Crippen MR) is 95.5 cm³/mol. The maximum absolute atomic E-state index is 12.7. The van der Waals surface area contributed by atoms with Gasteiger partial charge in [-0.25, -0.2) is 0 Å². The molecule has 0 radical (unpaired) electrons. The first kappa shape index (κ1) is 16.2. The average molecular weight is 340 g/mol. The fourth-order valence-corrected chi connectivity index (χ4v) is 4.38. The SMILES string of the molecule is COc1cccc(N2CC3(CCN(C(=O)C4CC=CC4)C3)CC2=O)c1. The van der Waals surface area contributed by atoms with Crippen molar-refractivity contribution in [3.8, 4) is 5.75 Å². The van der Waals surface area contributed by atoms with E-state index in [0.29, 0.717) is 19.5 Å². The van der Waals surface area contributed by atoms with E-state index in [-0.39, 0.29) is 23.1 Å². The van der Waals surface area contributed by atoms with Gasteiger partial charge in [-0.15, -0.1) is 0 Å². The minimum absolute atomic E-state index is 0.0954. The Morgan fingerprint density at radius 2 is 2.04 bits per heavy atom. The van der Waals surface area contributed by atoms with Gasteiger partial charge in [0.25, 0.3) is 0 Å². The van der Waals surface area contributed by atoms with Crippen molar-refractivity contribution in [3.05, 3.63) is 36.4 Å². The molecule has 2 heterocycles. The van der Waals surface area contributed by atoms with Crippen LogP contribution in [0.15, 0.2) is 36.4 Å². The summed E-state index contributed by atoms with van der Waals surface area (Å²) in [5, 5.41) is 0. The Labute approximate surface area is 148 Å². The molecule has 0 saturated carbocycles. The normalized spacial score (nSPS) is 26.2. The van der Waals surface area contributed by atoms with Crippen LogP contribution in [0.5, 0.6) is 5.75 Å². The number of carbonyl (C=O) groups is 2. The van der Waals surface area contributed by atoms with Crippen molar-refractivity contribution in [1.82, 2.24) is 4.90 Å². The number of hydrogen-bond donors (Lipinski definition) is 0. The lowest BCUT2D eigenvalue weighted by molar-refractivity contribution is -0.134. The van der Waals surface area contributed by atoms with Gasteiger partial charge in [-0.2, -0.15) is 0 Å². The zero-order chi connectivity index (χ0) is 17.4. The zero-order valence-corrected chi connectivity index (χ0v) is 14.6. The first-order valence-electron chi connectivity index (χ1n) is 8.98. The molecular weight excluding hydrogens is 316 g/mol. The number of carbonyl (C=O) groups excluding carboxylic acids is 2. The molecule has 0 bridgehead atoms. The van der Waals surface area contributed by atoms with E-state index >= 15 is 0 Å². The van der Waals surface area contributed by atoms with Crippen LogP contribution in [0, 0.1) is 11.3 Å². The van der Waals surface area contributed by atoms with Crippen LogP contribution in [-0.4, -0.2) is 43.5 Å². The quantitative estimate of drug-likeness (QED) is 0.795. The molecule has 1 aromatic carbocycles. The number of methoxy groups -OCH3 is 1. The number of rotatable bonds is 3. The summed E-state index contributed by atoms with van der Waals surface area (Å²) in [7, 11) is 1.63. The zero-order valence-electron chi connectivity index (χ0n) is 14.6. The highest BCUT2D eigenvalue weighted by Gasteiger charge is 2.49. The van der Waals surface area contributed by atoms with Gasteiger partial charge in [0.05, 0.1) is 7.11 Å². The van der Waals surface area contributed by atoms with Gasteiger partial charge in [0.1, 0.15) is 5.75 Å². The highest BCUT2D eigenvalue weighted by molar-refractivity contribution is 5.96. The molecule has 25 heavy (non-hydrogen) atoms. The Morgan fingerprint density at radius 1 is 1.24 bits per heavy atom. The summed E-state index contributed by atoms with van der Waals surface area (Å²) in [5.74, 6) is 1.27. The van der Waals surface area contributed by atoms with Crippen LogP contribution in [0.4, 0.5) is 5.69 Å². The van der Waals surface area contributed by atoms with Gasteiger partial charge < -0.3 is 14.5 Å². The van der Waals surface area contributed by atoms with E-state index in [4.69, 9.17) is 4.74 Å². The summed E-state index contributed by atoms with van der Waals surface area (Å²) < 4.78 is 5.28. The Kier molecular flexibility index (Phi) is 4.02. The molecule has 1 spiro atoms. The Hall–Kier alpha value is -2.30. The average Bonchev–Trinajstić information content (AvgIpc) is 3.36. The standard InChI is InChI=1S/C20H24N2O3/c1-25-17-8-4-7-16(11-17)22-14-20(12-18(22)23)9-10-21(13-20)19(24)15-5-2-3-6-15/h2-4,7-8,11,15H,5-6,9-10,12-14H2,1H3. The number of allylic oxidation sites excluding steroid dienone is 2. The number of amides is 2. The van der Waals surface area contributed by atoms with Crippen molar-refractivity contribution < 1.29 is 14.3 Å². The number of ether oxygens (including phenoxy) is 1. The number of anilines is 1. The first-order valence-corrected chi connectivity index (χ1v) is 8.98. The van der Waals surface area contributed by atoms with E-state index in [2.05, 4.69) is 12.2 Å². The number of likely N-dealkylation sites (tertiary alicyclic amines) is 1. The van der Waals surface area contributed by atoms with Crippen molar-refractivity contribution in [1.29, 1.82) is 0 Å². The second-order valence-corrected chi connectivity index (χ2v) is 7.51. The van der Waals surface area contributed by atoms with E-state index in [1.165, 1.54) is 0 Å².